The average molecular weight is 625 g/mol. The van der Waals surface area contributed by atoms with Crippen LogP contribution >= 0.6 is 0 Å². The molecule has 0 saturated carbocycles. The van der Waals surface area contributed by atoms with E-state index in [1.165, 1.54) is 0 Å². The molecule has 1 aromatic carbocycles. The quantitative estimate of drug-likeness (QED) is 0.0758. The van der Waals surface area contributed by atoms with Crippen LogP contribution in [0.2, 0.25) is 0 Å². The largest absolute Gasteiger partial charge is 0.481 e. The van der Waals surface area contributed by atoms with Crippen LogP contribution in [-0.4, -0.2) is 92.9 Å². The van der Waals surface area contributed by atoms with Crippen LogP contribution in [0.25, 0.3) is 0 Å². The Morgan fingerprint density at radius 3 is 1.75 bits per heavy atom. The summed E-state index contributed by atoms with van der Waals surface area (Å²) in [6, 6.07) is 0.793. The number of nitrogens with one attached hydrogen (secondary N) is 5. The normalized spacial score (nSPS) is 12.5. The maximum Gasteiger partial charge on any atom is 0.326 e. The molecule has 0 bridgehead atoms. The summed E-state index contributed by atoms with van der Waals surface area (Å²) in [5.74, 6) is -6.92. The molecule has 0 heterocycles. The molecule has 0 aromatic heterocycles. The van der Waals surface area contributed by atoms with Crippen LogP contribution in [0.4, 0.5) is 9.59 Å². The molecule has 1 rings (SSSR count). The van der Waals surface area contributed by atoms with Crippen LogP contribution in [-0.2, 0) is 41.7 Å². The van der Waals surface area contributed by atoms with Crippen LogP contribution in [0.5, 0.6) is 0 Å². The predicted octanol–water partition coefficient (Wildman–Crippen LogP) is -1.29. The summed E-state index contributed by atoms with van der Waals surface area (Å²) in [4.78, 5) is 91.6. The first-order valence-electron chi connectivity index (χ1n) is 13.3. The van der Waals surface area contributed by atoms with Gasteiger partial charge in [0.1, 0.15) is 18.1 Å². The zero-order chi connectivity index (χ0) is 33.2. The molecule has 1 aromatic rings. The Hall–Kier alpha value is -5.42. The molecule has 0 spiro atoms. The number of unbranched alkanes of at least 4 members (excludes halogenated alkanes) is 1. The molecule has 0 fully saturated rings. The van der Waals surface area contributed by atoms with E-state index < -0.39 is 78.7 Å². The van der Waals surface area contributed by atoms with Crippen molar-refractivity contribution in [3.05, 3.63) is 35.4 Å². The van der Waals surface area contributed by atoms with E-state index in [2.05, 4.69) is 21.3 Å². The number of hydrogen-bond donors (Lipinski definition) is 10. The van der Waals surface area contributed by atoms with Crippen molar-refractivity contribution in [2.45, 2.75) is 69.6 Å². The minimum Gasteiger partial charge on any atom is -0.481 e. The van der Waals surface area contributed by atoms with Gasteiger partial charge >= 0.3 is 35.9 Å². The Balaban J connectivity index is 2.38. The number of hydrogen-bond acceptors (Lipinski definition) is 8. The molecule has 44 heavy (non-hydrogen) atoms. The summed E-state index contributed by atoms with van der Waals surface area (Å²) in [7, 11) is 0. The van der Waals surface area contributed by atoms with Crippen LogP contribution in [0.15, 0.2) is 24.3 Å². The van der Waals surface area contributed by atoms with Crippen molar-refractivity contribution in [1.29, 1.82) is 0 Å². The second-order valence-corrected chi connectivity index (χ2v) is 9.55. The summed E-state index contributed by atoms with van der Waals surface area (Å²) in [5.41, 5.74) is 6.37. The lowest BCUT2D eigenvalue weighted by atomic mass is 10.1. The highest BCUT2D eigenvalue weighted by Gasteiger charge is 2.25. The highest BCUT2D eigenvalue weighted by Crippen LogP contribution is 2.06. The number of carbonyl (C=O) groups is 8. The average Bonchev–Trinajstić information content (AvgIpc) is 2.93. The van der Waals surface area contributed by atoms with Crippen molar-refractivity contribution in [3.63, 3.8) is 0 Å². The van der Waals surface area contributed by atoms with Gasteiger partial charge in [0.2, 0.25) is 11.8 Å². The van der Waals surface area contributed by atoms with E-state index >= 15 is 0 Å². The minimum absolute atomic E-state index is 0.0218. The van der Waals surface area contributed by atoms with Gasteiger partial charge in [-0.15, -0.1) is 0 Å². The van der Waals surface area contributed by atoms with Crippen LogP contribution in [0, 0.1) is 0 Å². The van der Waals surface area contributed by atoms with Crippen molar-refractivity contribution in [2.24, 2.45) is 5.73 Å². The van der Waals surface area contributed by atoms with Crippen LogP contribution < -0.4 is 32.3 Å². The van der Waals surface area contributed by atoms with Crippen molar-refractivity contribution in [2.75, 3.05) is 6.54 Å². The molecule has 0 aliphatic rings. The third kappa shape index (κ3) is 15.5. The number of nitrogens with two attached hydrogens (primary N) is 1. The standard InChI is InChI=1S/C26H36N6O12/c27-22(38)18(12-21(36)37)30-19(33)11-14-4-6-15(7-5-14)13-29-25(43)28-10-2-1-3-16(23(39)40)31-26(44)32-17(24(41)42)8-9-20(34)35/h4-7,16-18H,1-3,8-13H2,(H2,27,38)(H,30,33)(H,34,35)(H,36,37)(H,39,40)(H,41,42)(H2,28,29,43)(H2,31,32,44)/t16-,17-,18?/m0/s1. The molecule has 1 unspecified atom stereocenters. The summed E-state index contributed by atoms with van der Waals surface area (Å²) in [6.07, 6.45) is -1.04. The number of urea groups is 2. The molecule has 3 atom stereocenters. The SMILES string of the molecule is NC(=O)C(CC(=O)O)NC(=O)Cc1ccc(CNC(=O)NCCCC[C@H](NC(=O)N[C@@H](CCC(=O)O)C(=O)O)C(=O)O)cc1. The smallest absolute Gasteiger partial charge is 0.326 e. The Labute approximate surface area is 250 Å². The fraction of sp³-hybridized carbons (Fsp3) is 0.462. The number of primary amides is 1. The van der Waals surface area contributed by atoms with E-state index in [-0.39, 0.29) is 38.8 Å². The topological polar surface area (TPSA) is 304 Å². The maximum absolute atomic E-state index is 12.1. The number of rotatable bonds is 20. The summed E-state index contributed by atoms with van der Waals surface area (Å²) < 4.78 is 0. The van der Waals surface area contributed by atoms with Gasteiger partial charge in [0.25, 0.3) is 0 Å². The maximum atomic E-state index is 12.1. The zero-order valence-corrected chi connectivity index (χ0v) is 23.5. The lowest BCUT2D eigenvalue weighted by Crippen LogP contribution is -2.51. The molecular weight excluding hydrogens is 588 g/mol. The number of carboxylic acid groups (broad SMARTS) is 4. The van der Waals surface area contributed by atoms with Gasteiger partial charge in [-0.1, -0.05) is 24.3 Å². The minimum atomic E-state index is -1.51. The van der Waals surface area contributed by atoms with Crippen LogP contribution in [0.3, 0.4) is 0 Å². The summed E-state index contributed by atoms with van der Waals surface area (Å²) in [5, 5.41) is 47.6. The fourth-order valence-electron chi connectivity index (χ4n) is 3.66. The first-order chi connectivity index (χ1) is 20.7. The molecule has 0 radical (unpaired) electrons. The van der Waals surface area contributed by atoms with Crippen molar-refractivity contribution in [3.8, 4) is 0 Å². The molecule has 0 aliphatic heterocycles. The van der Waals surface area contributed by atoms with E-state index in [4.69, 9.17) is 21.1 Å². The first-order valence-corrected chi connectivity index (χ1v) is 13.3. The van der Waals surface area contributed by atoms with Gasteiger partial charge in [-0.2, -0.15) is 0 Å². The lowest BCUT2D eigenvalue weighted by Gasteiger charge is -2.18. The predicted molar refractivity (Wildman–Crippen MR) is 149 cm³/mol. The van der Waals surface area contributed by atoms with Crippen molar-refractivity contribution < 1.29 is 58.8 Å². The number of carboxylic acids is 4. The van der Waals surface area contributed by atoms with E-state index in [9.17, 15) is 43.5 Å². The van der Waals surface area contributed by atoms with Crippen LogP contribution in [0.1, 0.15) is 49.7 Å². The van der Waals surface area contributed by atoms with Crippen molar-refractivity contribution >= 4 is 47.8 Å². The van der Waals surface area contributed by atoms with Gasteiger partial charge in [0.15, 0.2) is 0 Å². The second-order valence-electron chi connectivity index (χ2n) is 9.55. The first kappa shape index (κ1) is 36.6. The number of aliphatic carboxylic acids is 4. The molecule has 242 valence electrons. The van der Waals surface area contributed by atoms with E-state index in [0.29, 0.717) is 17.5 Å². The van der Waals surface area contributed by atoms with Gasteiger partial charge in [0.05, 0.1) is 12.8 Å². The molecule has 6 amide bonds. The molecular formula is C26H36N6O12. The zero-order valence-electron chi connectivity index (χ0n) is 23.5. The van der Waals surface area contributed by atoms with E-state index in [0.717, 1.165) is 0 Å². The van der Waals surface area contributed by atoms with E-state index in [1.807, 2.05) is 5.32 Å². The monoisotopic (exact) mass is 624 g/mol. The number of amides is 6. The van der Waals surface area contributed by atoms with Crippen molar-refractivity contribution in [1.82, 2.24) is 26.6 Å². The lowest BCUT2D eigenvalue weighted by molar-refractivity contribution is -0.141. The highest BCUT2D eigenvalue weighted by atomic mass is 16.4. The Kier molecular flexibility index (Phi) is 15.7. The van der Waals surface area contributed by atoms with Gasteiger partial charge < -0.3 is 52.7 Å². The molecule has 11 N–H and O–H groups in total. The van der Waals surface area contributed by atoms with Gasteiger partial charge in [-0.05, 0) is 36.8 Å². The third-order valence-electron chi connectivity index (χ3n) is 5.96. The summed E-state index contributed by atoms with van der Waals surface area (Å²) >= 11 is 0. The van der Waals surface area contributed by atoms with Gasteiger partial charge in [-0.25, -0.2) is 19.2 Å². The Morgan fingerprint density at radius 2 is 1.23 bits per heavy atom. The third-order valence-corrected chi connectivity index (χ3v) is 5.96. The van der Waals surface area contributed by atoms with Gasteiger partial charge in [0, 0.05) is 19.5 Å². The number of benzene rings is 1. The molecule has 0 saturated heterocycles. The fourth-order valence-corrected chi connectivity index (χ4v) is 3.66. The second kappa shape index (κ2) is 18.9. The molecule has 18 heteroatoms. The Morgan fingerprint density at radius 1 is 0.659 bits per heavy atom. The Bertz CT molecular complexity index is 1210. The molecule has 0 aliphatic carbocycles. The molecule has 18 nitrogen and oxygen atoms in total. The summed E-state index contributed by atoms with van der Waals surface area (Å²) in [6.45, 7) is 0.327. The van der Waals surface area contributed by atoms with E-state index in [1.54, 1.807) is 24.3 Å². The highest BCUT2D eigenvalue weighted by molar-refractivity contribution is 5.90. The van der Waals surface area contributed by atoms with Gasteiger partial charge in [-0.3, -0.25) is 19.2 Å². The number of carbonyl (C=O) groups excluding carboxylic acids is 4.